The molecule has 0 spiro atoms. The predicted molar refractivity (Wildman–Crippen MR) is 87.8 cm³/mol. The van der Waals surface area contributed by atoms with Crippen molar-refractivity contribution in [2.24, 2.45) is 0 Å². The van der Waals surface area contributed by atoms with Crippen LogP contribution in [0.15, 0.2) is 36.4 Å². The molecule has 1 N–H and O–H groups in total. The number of anilines is 2. The van der Waals surface area contributed by atoms with Crippen molar-refractivity contribution in [3.8, 4) is 0 Å². The Morgan fingerprint density at radius 1 is 1.05 bits per heavy atom. The Morgan fingerprint density at radius 2 is 1.76 bits per heavy atom. The van der Waals surface area contributed by atoms with Crippen LogP contribution in [0.1, 0.15) is 23.6 Å². The van der Waals surface area contributed by atoms with Crippen LogP contribution in [0.2, 0.25) is 0 Å². The predicted octanol–water partition coefficient (Wildman–Crippen LogP) is 4.32. The van der Waals surface area contributed by atoms with Crippen LogP contribution in [0.25, 0.3) is 0 Å². The van der Waals surface area contributed by atoms with E-state index in [1.807, 2.05) is 37.1 Å². The van der Waals surface area contributed by atoms with E-state index in [4.69, 9.17) is 0 Å². The molecule has 2 rings (SSSR count). The van der Waals surface area contributed by atoms with Gasteiger partial charge in [-0.25, -0.2) is 4.39 Å². The Morgan fingerprint density at radius 3 is 2.38 bits per heavy atom. The maximum atomic E-state index is 14.4. The number of nitrogens with one attached hydrogen (secondary N) is 1. The second kappa shape index (κ2) is 6.72. The second-order valence-electron chi connectivity index (χ2n) is 5.42. The summed E-state index contributed by atoms with van der Waals surface area (Å²) in [6, 6.07) is 11.6. The first-order valence-electron chi connectivity index (χ1n) is 7.33. The monoisotopic (exact) mass is 286 g/mol. The van der Waals surface area contributed by atoms with Gasteiger partial charge in [0.1, 0.15) is 5.82 Å². The van der Waals surface area contributed by atoms with E-state index in [9.17, 15) is 4.39 Å². The van der Waals surface area contributed by atoms with Crippen LogP contribution in [-0.4, -0.2) is 13.6 Å². The fourth-order valence-electron chi connectivity index (χ4n) is 2.51. The van der Waals surface area contributed by atoms with Crippen molar-refractivity contribution in [3.63, 3.8) is 0 Å². The molecular weight excluding hydrogens is 263 g/mol. The summed E-state index contributed by atoms with van der Waals surface area (Å²) in [5, 5.41) is 3.21. The lowest BCUT2D eigenvalue weighted by Gasteiger charge is -2.23. The van der Waals surface area contributed by atoms with E-state index < -0.39 is 0 Å². The van der Waals surface area contributed by atoms with Gasteiger partial charge in [0.05, 0.1) is 5.69 Å². The summed E-state index contributed by atoms with van der Waals surface area (Å²) in [6.45, 7) is 7.73. The van der Waals surface area contributed by atoms with E-state index >= 15 is 0 Å². The average Bonchev–Trinajstić information content (AvgIpc) is 2.44. The average molecular weight is 286 g/mol. The maximum absolute atomic E-state index is 14.4. The molecule has 0 fully saturated rings. The molecule has 0 aliphatic rings. The van der Waals surface area contributed by atoms with Gasteiger partial charge in [-0.15, -0.1) is 0 Å². The van der Waals surface area contributed by atoms with Crippen molar-refractivity contribution in [1.82, 2.24) is 5.32 Å². The van der Waals surface area contributed by atoms with E-state index in [0.29, 0.717) is 12.2 Å². The van der Waals surface area contributed by atoms with Crippen molar-refractivity contribution in [2.75, 3.05) is 18.5 Å². The van der Waals surface area contributed by atoms with E-state index in [2.05, 4.69) is 31.3 Å². The third-order valence-corrected chi connectivity index (χ3v) is 3.67. The highest BCUT2D eigenvalue weighted by molar-refractivity contribution is 5.66. The zero-order valence-electron chi connectivity index (χ0n) is 13.2. The van der Waals surface area contributed by atoms with Crippen molar-refractivity contribution in [1.29, 1.82) is 0 Å². The van der Waals surface area contributed by atoms with Gasteiger partial charge in [-0.1, -0.05) is 30.7 Å². The zero-order valence-corrected chi connectivity index (χ0v) is 13.2. The molecule has 2 nitrogen and oxygen atoms in total. The standard InChI is InChI=1S/C18H23FN2/c1-5-20-12-15-7-9-18(16(19)11-15)21(4)17-8-6-13(2)10-14(17)3/h6-11,20H,5,12H2,1-4H3. The summed E-state index contributed by atoms with van der Waals surface area (Å²) < 4.78 is 14.4. The molecule has 0 heterocycles. The highest BCUT2D eigenvalue weighted by Crippen LogP contribution is 2.29. The number of rotatable bonds is 5. The fraction of sp³-hybridized carbons (Fsp3) is 0.333. The van der Waals surface area contributed by atoms with Gasteiger partial charge in [0, 0.05) is 19.3 Å². The highest BCUT2D eigenvalue weighted by atomic mass is 19.1. The van der Waals surface area contributed by atoms with E-state index in [1.54, 1.807) is 6.07 Å². The summed E-state index contributed by atoms with van der Waals surface area (Å²) in [4.78, 5) is 1.90. The normalized spacial score (nSPS) is 10.7. The van der Waals surface area contributed by atoms with Gasteiger partial charge in [-0.3, -0.25) is 0 Å². The molecule has 0 aliphatic carbocycles. The van der Waals surface area contributed by atoms with Gasteiger partial charge < -0.3 is 10.2 Å². The quantitative estimate of drug-likeness (QED) is 0.880. The molecule has 2 aromatic rings. The summed E-state index contributed by atoms with van der Waals surface area (Å²) in [5.74, 6) is -0.187. The third-order valence-electron chi connectivity index (χ3n) is 3.67. The first-order valence-corrected chi connectivity index (χ1v) is 7.33. The topological polar surface area (TPSA) is 15.3 Å². The first-order chi connectivity index (χ1) is 10.0. The van der Waals surface area contributed by atoms with Crippen LogP contribution in [0.4, 0.5) is 15.8 Å². The van der Waals surface area contributed by atoms with Crippen LogP contribution in [0, 0.1) is 19.7 Å². The molecule has 0 unspecified atom stereocenters. The molecule has 2 aromatic carbocycles. The minimum atomic E-state index is -0.187. The van der Waals surface area contributed by atoms with E-state index in [0.717, 1.165) is 23.4 Å². The molecule has 21 heavy (non-hydrogen) atoms. The lowest BCUT2D eigenvalue weighted by molar-refractivity contribution is 0.622. The van der Waals surface area contributed by atoms with Crippen LogP contribution in [-0.2, 0) is 6.54 Å². The Balaban J connectivity index is 2.28. The first kappa shape index (κ1) is 15.5. The lowest BCUT2D eigenvalue weighted by atomic mass is 10.1. The molecule has 0 aliphatic heterocycles. The molecule has 112 valence electrons. The number of hydrogen-bond donors (Lipinski definition) is 1. The largest absolute Gasteiger partial charge is 0.342 e. The van der Waals surface area contributed by atoms with Crippen molar-refractivity contribution >= 4 is 11.4 Å². The lowest BCUT2D eigenvalue weighted by Crippen LogP contribution is -2.14. The number of nitrogens with zero attached hydrogens (tertiary/aromatic N) is 1. The summed E-state index contributed by atoms with van der Waals surface area (Å²) >= 11 is 0. The van der Waals surface area contributed by atoms with Gasteiger partial charge in [-0.2, -0.15) is 0 Å². The number of benzene rings is 2. The van der Waals surface area contributed by atoms with E-state index in [-0.39, 0.29) is 5.82 Å². The van der Waals surface area contributed by atoms with Gasteiger partial charge in [-0.05, 0) is 49.7 Å². The minimum absolute atomic E-state index is 0.187. The number of hydrogen-bond acceptors (Lipinski definition) is 2. The Labute approximate surface area is 126 Å². The van der Waals surface area contributed by atoms with Gasteiger partial charge in [0.25, 0.3) is 0 Å². The zero-order chi connectivity index (χ0) is 15.4. The summed E-state index contributed by atoms with van der Waals surface area (Å²) in [5.41, 5.74) is 4.95. The highest BCUT2D eigenvalue weighted by Gasteiger charge is 2.12. The molecule has 0 bridgehead atoms. The molecule has 0 saturated carbocycles. The van der Waals surface area contributed by atoms with Crippen molar-refractivity contribution in [2.45, 2.75) is 27.3 Å². The smallest absolute Gasteiger partial charge is 0.147 e. The molecular formula is C18H23FN2. The second-order valence-corrected chi connectivity index (χ2v) is 5.42. The Kier molecular flexibility index (Phi) is 4.97. The number of halogens is 1. The van der Waals surface area contributed by atoms with Crippen LogP contribution < -0.4 is 10.2 Å². The van der Waals surface area contributed by atoms with Crippen LogP contribution in [0.5, 0.6) is 0 Å². The number of aryl methyl sites for hydroxylation is 2. The van der Waals surface area contributed by atoms with E-state index in [1.165, 1.54) is 5.56 Å². The van der Waals surface area contributed by atoms with Crippen LogP contribution >= 0.6 is 0 Å². The molecule has 0 aromatic heterocycles. The molecule has 0 amide bonds. The molecule has 0 saturated heterocycles. The Hall–Kier alpha value is -1.87. The Bertz CT molecular complexity index is 623. The summed E-state index contributed by atoms with van der Waals surface area (Å²) in [7, 11) is 1.90. The summed E-state index contributed by atoms with van der Waals surface area (Å²) in [6.07, 6.45) is 0. The van der Waals surface area contributed by atoms with Crippen LogP contribution in [0.3, 0.4) is 0 Å². The molecule has 3 heteroatoms. The third kappa shape index (κ3) is 3.61. The molecule has 0 atom stereocenters. The SMILES string of the molecule is CCNCc1ccc(N(C)c2ccc(C)cc2C)c(F)c1. The van der Waals surface area contributed by atoms with Crippen molar-refractivity contribution in [3.05, 3.63) is 58.9 Å². The maximum Gasteiger partial charge on any atom is 0.147 e. The fourth-order valence-corrected chi connectivity index (χ4v) is 2.51. The van der Waals surface area contributed by atoms with Gasteiger partial charge in [0.15, 0.2) is 0 Å². The van der Waals surface area contributed by atoms with Gasteiger partial charge >= 0.3 is 0 Å². The van der Waals surface area contributed by atoms with Gasteiger partial charge in [0.2, 0.25) is 0 Å². The van der Waals surface area contributed by atoms with Crippen molar-refractivity contribution < 1.29 is 4.39 Å². The molecule has 0 radical (unpaired) electrons. The minimum Gasteiger partial charge on any atom is -0.342 e.